The van der Waals surface area contributed by atoms with E-state index in [0.29, 0.717) is 0 Å². The molecule has 0 atom stereocenters. The van der Waals surface area contributed by atoms with Gasteiger partial charge in [-0.05, 0) is 70.8 Å². The lowest BCUT2D eigenvalue weighted by Crippen LogP contribution is -2.34. The molecule has 7 rings (SSSR count). The fourth-order valence-corrected chi connectivity index (χ4v) is 7.13. The molecule has 0 saturated heterocycles. The first kappa shape index (κ1) is 23.6. The number of fused-ring (bicyclic) bond motifs is 2. The minimum absolute atomic E-state index is 0.414. The van der Waals surface area contributed by atoms with Crippen LogP contribution in [0.15, 0.2) is 174 Å². The van der Waals surface area contributed by atoms with Gasteiger partial charge in [0.1, 0.15) is 0 Å². The molecule has 0 aromatic heterocycles. The third-order valence-electron chi connectivity index (χ3n) is 7.60. The van der Waals surface area contributed by atoms with Gasteiger partial charge in [0.2, 0.25) is 0 Å². The van der Waals surface area contributed by atoms with Crippen LogP contribution < -0.4 is 4.90 Å². The van der Waals surface area contributed by atoms with E-state index in [0.717, 1.165) is 17.1 Å². The Bertz CT molecular complexity index is 1630. The lowest BCUT2D eigenvalue weighted by atomic mass is 9.65. The van der Waals surface area contributed by atoms with Crippen LogP contribution in [-0.4, -0.2) is 0 Å². The molecule has 186 valence electrons. The van der Waals surface area contributed by atoms with Crippen molar-refractivity contribution in [2.75, 3.05) is 4.90 Å². The van der Waals surface area contributed by atoms with Crippen LogP contribution in [0.2, 0.25) is 0 Å². The van der Waals surface area contributed by atoms with Crippen molar-refractivity contribution in [1.82, 2.24) is 0 Å². The van der Waals surface area contributed by atoms with Crippen LogP contribution in [0, 0.1) is 0 Å². The molecule has 0 amide bonds. The van der Waals surface area contributed by atoms with Gasteiger partial charge in [-0.15, -0.1) is 0 Å². The summed E-state index contributed by atoms with van der Waals surface area (Å²) in [7, 11) is 0. The van der Waals surface area contributed by atoms with E-state index in [1.54, 1.807) is 0 Å². The number of rotatable bonds is 5. The maximum atomic E-state index is 2.32. The Kier molecular flexibility index (Phi) is 6.03. The highest BCUT2D eigenvalue weighted by Gasteiger charge is 2.44. The van der Waals surface area contributed by atoms with Gasteiger partial charge in [-0.3, -0.25) is 0 Å². The van der Waals surface area contributed by atoms with E-state index in [1.807, 2.05) is 11.8 Å². The highest BCUT2D eigenvalue weighted by molar-refractivity contribution is 7.99. The number of hydrogen-bond acceptors (Lipinski definition) is 2. The second-order valence-electron chi connectivity index (χ2n) is 9.76. The molecule has 6 aromatic carbocycles. The summed E-state index contributed by atoms with van der Waals surface area (Å²) >= 11 is 1.87. The van der Waals surface area contributed by atoms with Crippen molar-refractivity contribution in [3.05, 3.63) is 186 Å². The lowest BCUT2D eigenvalue weighted by molar-refractivity contribution is 0.703. The molecule has 1 aliphatic heterocycles. The van der Waals surface area contributed by atoms with Crippen molar-refractivity contribution in [2.45, 2.75) is 15.2 Å². The molecular weight excluding hydrogens is 490 g/mol. The van der Waals surface area contributed by atoms with E-state index < -0.39 is 5.41 Å². The number of anilines is 3. The first-order valence-corrected chi connectivity index (χ1v) is 14.1. The summed E-state index contributed by atoms with van der Waals surface area (Å²) in [4.78, 5) is 4.93. The smallest absolute Gasteiger partial charge is 0.0723 e. The van der Waals surface area contributed by atoms with Crippen LogP contribution in [0.1, 0.15) is 22.3 Å². The van der Waals surface area contributed by atoms with Gasteiger partial charge < -0.3 is 4.90 Å². The molecule has 0 unspecified atom stereocenters. The standard InChI is InChI=1S/C37H27NS/c1-4-14-28(15-5-1)37(33-20-10-12-22-35(33)39-36-23-13-11-21-34(36)37)29-24-26-32(27-25-29)38(30-16-6-2-7-17-30)31-18-8-3-9-19-31/h1-27H. The summed E-state index contributed by atoms with van der Waals surface area (Å²) in [6, 6.07) is 59.1. The SMILES string of the molecule is c1ccc(N(c2ccccc2)c2ccc(C3(c4ccccc4)c4ccccc4Sc4ccccc43)cc2)cc1. The first-order chi connectivity index (χ1) is 19.4. The fourth-order valence-electron chi connectivity index (χ4n) is 5.93. The molecule has 6 aromatic rings. The molecule has 0 bridgehead atoms. The predicted molar refractivity (Wildman–Crippen MR) is 164 cm³/mol. The van der Waals surface area contributed by atoms with E-state index in [2.05, 4.69) is 169 Å². The normalized spacial score (nSPS) is 13.2. The maximum absolute atomic E-state index is 2.32. The molecule has 2 heteroatoms. The van der Waals surface area contributed by atoms with Gasteiger partial charge in [0.05, 0.1) is 5.41 Å². The zero-order valence-electron chi connectivity index (χ0n) is 21.4. The minimum Gasteiger partial charge on any atom is -0.311 e. The van der Waals surface area contributed by atoms with Crippen LogP contribution in [0.5, 0.6) is 0 Å². The van der Waals surface area contributed by atoms with E-state index in [1.165, 1.54) is 32.0 Å². The zero-order chi connectivity index (χ0) is 26.1. The molecule has 1 heterocycles. The van der Waals surface area contributed by atoms with Crippen molar-refractivity contribution < 1.29 is 0 Å². The monoisotopic (exact) mass is 517 g/mol. The van der Waals surface area contributed by atoms with Crippen molar-refractivity contribution in [2.24, 2.45) is 0 Å². The van der Waals surface area contributed by atoms with Gasteiger partial charge in [-0.25, -0.2) is 0 Å². The van der Waals surface area contributed by atoms with Crippen molar-refractivity contribution >= 4 is 28.8 Å². The third-order valence-corrected chi connectivity index (χ3v) is 8.75. The van der Waals surface area contributed by atoms with Gasteiger partial charge in [0.25, 0.3) is 0 Å². The number of benzene rings is 6. The average Bonchev–Trinajstić information content (AvgIpc) is 3.02. The first-order valence-electron chi connectivity index (χ1n) is 13.3. The second kappa shape index (κ2) is 9.98. The molecule has 0 fully saturated rings. The molecule has 1 aliphatic rings. The maximum Gasteiger partial charge on any atom is 0.0723 e. The lowest BCUT2D eigenvalue weighted by Gasteiger charge is -2.42. The van der Waals surface area contributed by atoms with Gasteiger partial charge in [-0.1, -0.05) is 127 Å². The second-order valence-corrected chi connectivity index (χ2v) is 10.8. The van der Waals surface area contributed by atoms with Crippen LogP contribution in [0.4, 0.5) is 17.1 Å². The van der Waals surface area contributed by atoms with E-state index in [4.69, 9.17) is 0 Å². The van der Waals surface area contributed by atoms with Crippen LogP contribution in [0.25, 0.3) is 0 Å². The topological polar surface area (TPSA) is 3.24 Å². The molecule has 0 spiro atoms. The molecule has 0 saturated carbocycles. The summed E-state index contributed by atoms with van der Waals surface area (Å²) in [6.45, 7) is 0. The van der Waals surface area contributed by atoms with Crippen LogP contribution >= 0.6 is 11.8 Å². The van der Waals surface area contributed by atoms with Crippen LogP contribution in [0.3, 0.4) is 0 Å². The Balaban J connectivity index is 1.46. The largest absolute Gasteiger partial charge is 0.311 e. The number of nitrogens with zero attached hydrogens (tertiary/aromatic N) is 1. The molecule has 1 nitrogen and oxygen atoms in total. The van der Waals surface area contributed by atoms with Crippen molar-refractivity contribution in [1.29, 1.82) is 0 Å². The molecule has 39 heavy (non-hydrogen) atoms. The number of para-hydroxylation sites is 2. The van der Waals surface area contributed by atoms with Gasteiger partial charge in [-0.2, -0.15) is 0 Å². The van der Waals surface area contributed by atoms with Gasteiger partial charge in [0.15, 0.2) is 0 Å². The summed E-state index contributed by atoms with van der Waals surface area (Å²) in [6.07, 6.45) is 0. The summed E-state index contributed by atoms with van der Waals surface area (Å²) in [5.41, 5.74) is 8.19. The molecule has 0 aliphatic carbocycles. The Labute approximate surface area is 234 Å². The third kappa shape index (κ3) is 3.96. The Hall–Kier alpha value is -4.53. The summed E-state index contributed by atoms with van der Waals surface area (Å²) in [5, 5.41) is 0. The fraction of sp³-hybridized carbons (Fsp3) is 0.0270. The Morgan fingerprint density at radius 1 is 0.359 bits per heavy atom. The highest BCUT2D eigenvalue weighted by Crippen LogP contribution is 2.55. The predicted octanol–water partition coefficient (Wildman–Crippen LogP) is 10.0. The summed E-state index contributed by atoms with van der Waals surface area (Å²) < 4.78 is 0. The number of hydrogen-bond donors (Lipinski definition) is 0. The Morgan fingerprint density at radius 2 is 0.744 bits per heavy atom. The Morgan fingerprint density at radius 3 is 1.26 bits per heavy atom. The van der Waals surface area contributed by atoms with E-state index >= 15 is 0 Å². The van der Waals surface area contributed by atoms with Crippen molar-refractivity contribution in [3.63, 3.8) is 0 Å². The molecular formula is C37H27NS. The van der Waals surface area contributed by atoms with E-state index in [9.17, 15) is 0 Å². The van der Waals surface area contributed by atoms with Gasteiger partial charge >= 0.3 is 0 Å². The average molecular weight is 518 g/mol. The zero-order valence-corrected chi connectivity index (χ0v) is 22.3. The van der Waals surface area contributed by atoms with E-state index in [-0.39, 0.29) is 0 Å². The van der Waals surface area contributed by atoms with Crippen LogP contribution in [-0.2, 0) is 5.41 Å². The molecule has 0 radical (unpaired) electrons. The quantitative estimate of drug-likeness (QED) is 0.223. The van der Waals surface area contributed by atoms with Crippen molar-refractivity contribution in [3.8, 4) is 0 Å². The minimum atomic E-state index is -0.414. The summed E-state index contributed by atoms with van der Waals surface area (Å²) in [5.74, 6) is 0. The van der Waals surface area contributed by atoms with Gasteiger partial charge in [0, 0.05) is 26.9 Å². The molecule has 0 N–H and O–H groups in total. The highest BCUT2D eigenvalue weighted by atomic mass is 32.2.